The summed E-state index contributed by atoms with van der Waals surface area (Å²) >= 11 is 0. The molecule has 2 aliphatic heterocycles. The molecule has 0 aliphatic carbocycles. The zero-order valence-electron chi connectivity index (χ0n) is 21.4. The van der Waals surface area contributed by atoms with E-state index >= 15 is 0 Å². The van der Waals surface area contributed by atoms with Crippen LogP contribution in [-0.2, 0) is 27.3 Å². The van der Waals surface area contributed by atoms with Crippen molar-refractivity contribution in [2.45, 2.75) is 64.1 Å². The summed E-state index contributed by atoms with van der Waals surface area (Å²) in [5, 5.41) is 5.76. The van der Waals surface area contributed by atoms with Gasteiger partial charge in [0.25, 0.3) is 0 Å². The second kappa shape index (κ2) is 12.7. The highest BCUT2D eigenvalue weighted by molar-refractivity contribution is 5.92. The number of fused-ring (bicyclic) bond motifs is 4. The van der Waals surface area contributed by atoms with Crippen LogP contribution < -0.4 is 21.1 Å². The van der Waals surface area contributed by atoms with E-state index in [1.807, 2.05) is 42.2 Å². The normalized spacial score (nSPS) is 23.8. The monoisotopic (exact) mass is 507 g/mol. The molecular formula is C28H37N5O4. The van der Waals surface area contributed by atoms with Crippen LogP contribution in [-0.4, -0.2) is 59.4 Å². The summed E-state index contributed by atoms with van der Waals surface area (Å²) in [5.41, 5.74) is 9.16. The Hall–Kier alpha value is -3.46. The number of hydrogen-bond donors (Lipinski definition) is 3. The summed E-state index contributed by atoms with van der Waals surface area (Å²) in [7, 11) is 0. The Labute approximate surface area is 218 Å². The zero-order valence-corrected chi connectivity index (χ0v) is 21.4. The quantitative estimate of drug-likeness (QED) is 0.582. The van der Waals surface area contributed by atoms with Gasteiger partial charge in [-0.05, 0) is 85.9 Å². The summed E-state index contributed by atoms with van der Waals surface area (Å²) in [5.74, 6) is 0.183. The van der Waals surface area contributed by atoms with Gasteiger partial charge in [-0.3, -0.25) is 19.4 Å². The smallest absolute Gasteiger partial charge is 0.242 e. The molecule has 1 aromatic heterocycles. The van der Waals surface area contributed by atoms with Gasteiger partial charge in [-0.25, -0.2) is 0 Å². The molecule has 4 rings (SSSR count). The number of aryl methyl sites for hydroxylation is 2. The van der Waals surface area contributed by atoms with Crippen molar-refractivity contribution in [1.29, 1.82) is 0 Å². The van der Waals surface area contributed by atoms with Crippen LogP contribution >= 0.6 is 0 Å². The van der Waals surface area contributed by atoms with Gasteiger partial charge in [-0.15, -0.1) is 0 Å². The third-order valence-corrected chi connectivity index (χ3v) is 7.28. The molecule has 9 nitrogen and oxygen atoms in total. The summed E-state index contributed by atoms with van der Waals surface area (Å²) in [6.07, 6.45) is 7.08. The number of benzene rings is 1. The van der Waals surface area contributed by atoms with Crippen molar-refractivity contribution in [3.63, 3.8) is 0 Å². The number of aromatic nitrogens is 1. The van der Waals surface area contributed by atoms with Crippen LogP contribution in [0.2, 0.25) is 0 Å². The minimum absolute atomic E-state index is 0.0858. The molecule has 0 saturated carbocycles. The van der Waals surface area contributed by atoms with Gasteiger partial charge in [-0.2, -0.15) is 0 Å². The van der Waals surface area contributed by atoms with Crippen LogP contribution in [0.15, 0.2) is 42.7 Å². The molecule has 1 saturated heterocycles. The van der Waals surface area contributed by atoms with Crippen LogP contribution in [0.4, 0.5) is 0 Å². The van der Waals surface area contributed by atoms with Gasteiger partial charge in [0.2, 0.25) is 17.7 Å². The molecular weight excluding hydrogens is 470 g/mol. The van der Waals surface area contributed by atoms with Crippen LogP contribution in [0, 0.1) is 12.8 Å². The maximum Gasteiger partial charge on any atom is 0.242 e. The molecule has 198 valence electrons. The van der Waals surface area contributed by atoms with E-state index in [9.17, 15) is 14.4 Å². The summed E-state index contributed by atoms with van der Waals surface area (Å²) < 4.78 is 6.03. The minimum atomic E-state index is -1.02. The Kier molecular flexibility index (Phi) is 9.11. The molecule has 37 heavy (non-hydrogen) atoms. The van der Waals surface area contributed by atoms with E-state index in [1.54, 1.807) is 12.4 Å². The second-order valence-electron chi connectivity index (χ2n) is 10.1. The number of amides is 3. The highest BCUT2D eigenvalue weighted by Crippen LogP contribution is 2.23. The first kappa shape index (κ1) is 26.6. The van der Waals surface area contributed by atoms with E-state index < -0.39 is 18.0 Å². The largest absolute Gasteiger partial charge is 0.494 e. The van der Waals surface area contributed by atoms with Crippen LogP contribution in [0.5, 0.6) is 5.75 Å². The first-order valence-electron chi connectivity index (χ1n) is 13.1. The van der Waals surface area contributed by atoms with Crippen molar-refractivity contribution in [2.75, 3.05) is 19.7 Å². The van der Waals surface area contributed by atoms with Gasteiger partial charge in [0, 0.05) is 32.0 Å². The lowest BCUT2D eigenvalue weighted by atomic mass is 9.94. The zero-order chi connectivity index (χ0) is 26.2. The highest BCUT2D eigenvalue weighted by atomic mass is 16.5. The predicted molar refractivity (Wildman–Crippen MR) is 140 cm³/mol. The number of piperidine rings is 1. The fourth-order valence-electron chi connectivity index (χ4n) is 4.92. The van der Waals surface area contributed by atoms with Crippen LogP contribution in [0.25, 0.3) is 0 Å². The lowest BCUT2D eigenvalue weighted by Crippen LogP contribution is -2.53. The number of hydrogen-bond acceptors (Lipinski definition) is 6. The fraction of sp³-hybridized carbons (Fsp3) is 0.500. The molecule has 3 amide bonds. The predicted octanol–water partition coefficient (Wildman–Crippen LogP) is 1.86. The van der Waals surface area contributed by atoms with E-state index in [4.69, 9.17) is 10.5 Å². The molecule has 1 fully saturated rings. The van der Waals surface area contributed by atoms with E-state index in [1.165, 1.54) is 0 Å². The first-order valence-corrected chi connectivity index (χ1v) is 13.1. The third-order valence-electron chi connectivity index (χ3n) is 7.28. The Morgan fingerprint density at radius 3 is 2.73 bits per heavy atom. The van der Waals surface area contributed by atoms with Gasteiger partial charge in [0.1, 0.15) is 11.8 Å². The first-order chi connectivity index (χ1) is 17.9. The molecule has 2 unspecified atom stereocenters. The lowest BCUT2D eigenvalue weighted by Gasteiger charge is -2.33. The molecule has 4 bridgehead atoms. The molecule has 0 spiro atoms. The Morgan fingerprint density at radius 2 is 1.92 bits per heavy atom. The van der Waals surface area contributed by atoms with Crippen molar-refractivity contribution >= 4 is 17.7 Å². The molecule has 2 aromatic rings. The number of nitrogens with one attached hydrogen (secondary N) is 2. The molecule has 2 aliphatic rings. The van der Waals surface area contributed by atoms with E-state index in [2.05, 4.69) is 15.6 Å². The number of carbonyl (C=O) groups is 3. The summed E-state index contributed by atoms with van der Waals surface area (Å²) in [6.45, 7) is 4.17. The lowest BCUT2D eigenvalue weighted by molar-refractivity contribution is -0.136. The topological polar surface area (TPSA) is 127 Å². The van der Waals surface area contributed by atoms with Gasteiger partial charge < -0.3 is 26.0 Å². The van der Waals surface area contributed by atoms with Gasteiger partial charge in [0.05, 0.1) is 19.1 Å². The van der Waals surface area contributed by atoms with Gasteiger partial charge >= 0.3 is 0 Å². The Bertz CT molecular complexity index is 1090. The van der Waals surface area contributed by atoms with Gasteiger partial charge in [0.15, 0.2) is 0 Å². The number of rotatable bonds is 3. The highest BCUT2D eigenvalue weighted by Gasteiger charge is 2.29. The maximum absolute atomic E-state index is 13.2. The van der Waals surface area contributed by atoms with Gasteiger partial charge in [-0.1, -0.05) is 6.07 Å². The average Bonchev–Trinajstić information content (AvgIpc) is 2.91. The average molecular weight is 508 g/mol. The number of carbonyl (C=O) groups excluding carboxylic acids is 3. The summed E-state index contributed by atoms with van der Waals surface area (Å²) in [6, 6.07) is 7.82. The van der Waals surface area contributed by atoms with Crippen molar-refractivity contribution in [1.82, 2.24) is 20.5 Å². The number of ether oxygens (including phenoxy) is 1. The number of nitrogens with two attached hydrogens (primary N) is 1. The molecule has 0 radical (unpaired) electrons. The Balaban J connectivity index is 1.53. The van der Waals surface area contributed by atoms with E-state index in [0.717, 1.165) is 41.7 Å². The van der Waals surface area contributed by atoms with Crippen LogP contribution in [0.1, 0.15) is 48.8 Å². The molecule has 9 heteroatoms. The van der Waals surface area contributed by atoms with Crippen molar-refractivity contribution in [2.24, 2.45) is 11.7 Å². The van der Waals surface area contributed by atoms with Crippen molar-refractivity contribution < 1.29 is 19.1 Å². The molecule has 1 aromatic carbocycles. The molecule has 3 heterocycles. The molecule has 4 N–H and O–H groups in total. The van der Waals surface area contributed by atoms with E-state index in [0.29, 0.717) is 45.0 Å². The van der Waals surface area contributed by atoms with Crippen molar-refractivity contribution in [3.8, 4) is 5.75 Å². The minimum Gasteiger partial charge on any atom is -0.494 e. The maximum atomic E-state index is 13.2. The SMILES string of the molecule is Cc1ccc2cc1CNC(=O)C(CCc1ccncc1)NC(=O)[C@@H](N)CC(=O)N1CCCC(CCO2)C1. The van der Waals surface area contributed by atoms with E-state index in [-0.39, 0.29) is 18.2 Å². The van der Waals surface area contributed by atoms with Crippen LogP contribution in [0.3, 0.4) is 0 Å². The number of nitrogens with zero attached hydrogens (tertiary/aromatic N) is 2. The van der Waals surface area contributed by atoms with Crippen molar-refractivity contribution in [3.05, 3.63) is 59.4 Å². The fourth-order valence-corrected chi connectivity index (χ4v) is 4.92. The standard InChI is InChI=1S/C28H37N5O4/c1-19-4-6-23-15-22(19)17-31-28(36)25(7-5-20-8-11-30-12-9-20)32-27(35)24(29)16-26(34)33-13-2-3-21(18-33)10-14-37-23/h4,6,8-9,11-12,15,21,24-25H,2-3,5,7,10,13-14,16-18,29H2,1H3,(H,31,36)(H,32,35)/t21?,24-,25?/m0/s1. The molecule has 3 atom stereocenters. The second-order valence-corrected chi connectivity index (χ2v) is 10.1. The summed E-state index contributed by atoms with van der Waals surface area (Å²) in [4.78, 5) is 44.9. The Morgan fingerprint density at radius 1 is 1.11 bits per heavy atom. The third kappa shape index (κ3) is 7.52. The number of pyridine rings is 1.